The van der Waals surface area contributed by atoms with Gasteiger partial charge >= 0.3 is 0 Å². The molecule has 0 saturated heterocycles. The molecule has 4 nitrogen and oxygen atoms in total. The third-order valence-corrected chi connectivity index (χ3v) is 4.75. The van der Waals surface area contributed by atoms with E-state index in [9.17, 15) is 4.79 Å². The second kappa shape index (κ2) is 8.55. The molecule has 1 aromatic heterocycles. The number of hydrogen-bond acceptors (Lipinski definition) is 4. The number of nitrogens with one attached hydrogen (secondary N) is 1. The van der Waals surface area contributed by atoms with Crippen LogP contribution in [-0.4, -0.2) is 38.1 Å². The van der Waals surface area contributed by atoms with Gasteiger partial charge in [0.2, 0.25) is 0 Å². The van der Waals surface area contributed by atoms with Crippen LogP contribution in [0, 0.1) is 0 Å². The van der Waals surface area contributed by atoms with Crippen molar-refractivity contribution in [1.29, 1.82) is 0 Å². The minimum Gasteiger partial charge on any atom is -0.484 e. The Morgan fingerprint density at radius 3 is 2.70 bits per heavy atom. The average molecular weight is 373 g/mol. The first-order chi connectivity index (χ1) is 11.0. The van der Waals surface area contributed by atoms with Crippen LogP contribution in [0.15, 0.2) is 35.0 Å². The summed E-state index contributed by atoms with van der Waals surface area (Å²) in [5.41, 5.74) is 1.19. The number of hydrogen-bond donors (Lipinski definition) is 1. The highest BCUT2D eigenvalue weighted by Crippen LogP contribution is 2.26. The zero-order chi connectivity index (χ0) is 16.8. The Bertz CT molecular complexity index is 648. The van der Waals surface area contributed by atoms with E-state index in [1.165, 1.54) is 5.56 Å². The van der Waals surface area contributed by atoms with Crippen molar-refractivity contribution in [2.24, 2.45) is 0 Å². The Morgan fingerprint density at radius 1 is 1.30 bits per heavy atom. The fourth-order valence-electron chi connectivity index (χ4n) is 2.04. The maximum Gasteiger partial charge on any atom is 0.258 e. The number of amides is 1. The van der Waals surface area contributed by atoms with E-state index in [4.69, 9.17) is 27.9 Å². The molecule has 1 atom stereocenters. The lowest BCUT2D eigenvalue weighted by Crippen LogP contribution is -2.36. The predicted octanol–water partition coefficient (Wildman–Crippen LogP) is 3.85. The molecular formula is C16H18Cl2N2O2S. The maximum absolute atomic E-state index is 12.0. The highest BCUT2D eigenvalue weighted by Gasteiger charge is 2.15. The zero-order valence-electron chi connectivity index (χ0n) is 12.9. The summed E-state index contributed by atoms with van der Waals surface area (Å²) in [5, 5.41) is 7.85. The highest BCUT2D eigenvalue weighted by atomic mass is 35.5. The Morgan fingerprint density at radius 2 is 2.09 bits per heavy atom. The van der Waals surface area contributed by atoms with Gasteiger partial charge in [-0.25, -0.2) is 0 Å². The summed E-state index contributed by atoms with van der Waals surface area (Å²) in [6.45, 7) is 0.453. The Labute approximate surface area is 150 Å². The minimum absolute atomic E-state index is 0.0677. The van der Waals surface area contributed by atoms with Crippen molar-refractivity contribution in [3.63, 3.8) is 0 Å². The lowest BCUT2D eigenvalue weighted by molar-refractivity contribution is -0.123. The Kier molecular flexibility index (Phi) is 6.72. The molecule has 2 rings (SSSR count). The number of halogens is 2. The molecule has 0 aliphatic rings. The Hall–Kier alpha value is -1.27. The molecular weight excluding hydrogens is 355 g/mol. The van der Waals surface area contributed by atoms with Gasteiger partial charge in [0.25, 0.3) is 5.91 Å². The molecule has 1 amide bonds. The van der Waals surface area contributed by atoms with E-state index >= 15 is 0 Å². The molecule has 1 heterocycles. The number of carbonyl (C=O) groups is 1. The zero-order valence-corrected chi connectivity index (χ0v) is 15.2. The van der Waals surface area contributed by atoms with Crippen LogP contribution in [0.5, 0.6) is 5.75 Å². The summed E-state index contributed by atoms with van der Waals surface area (Å²) in [7, 11) is 3.97. The number of likely N-dealkylation sites (N-methyl/N-ethyl adjacent to an activating group) is 1. The fourth-order valence-corrected chi connectivity index (χ4v) is 3.04. The lowest BCUT2D eigenvalue weighted by atomic mass is 10.1. The molecule has 0 saturated carbocycles. The number of nitrogens with zero attached hydrogens (tertiary/aromatic N) is 1. The smallest absolute Gasteiger partial charge is 0.258 e. The quantitative estimate of drug-likeness (QED) is 0.802. The normalized spacial score (nSPS) is 12.2. The van der Waals surface area contributed by atoms with Gasteiger partial charge in [0, 0.05) is 12.6 Å². The van der Waals surface area contributed by atoms with Crippen molar-refractivity contribution >= 4 is 40.4 Å². The first kappa shape index (κ1) is 18.1. The molecule has 23 heavy (non-hydrogen) atoms. The van der Waals surface area contributed by atoms with E-state index in [1.54, 1.807) is 29.5 Å². The largest absolute Gasteiger partial charge is 0.484 e. The summed E-state index contributed by atoms with van der Waals surface area (Å²) in [5.74, 6) is 0.328. The third kappa shape index (κ3) is 5.39. The molecule has 0 aliphatic heterocycles. The summed E-state index contributed by atoms with van der Waals surface area (Å²) in [6, 6.07) is 7.10. The third-order valence-electron chi connectivity index (χ3n) is 3.30. The number of carbonyl (C=O) groups excluding carboxylic acids is 1. The van der Waals surface area contributed by atoms with Crippen LogP contribution in [0.1, 0.15) is 11.6 Å². The number of benzene rings is 1. The van der Waals surface area contributed by atoms with Crippen LogP contribution in [-0.2, 0) is 4.79 Å². The Balaban J connectivity index is 1.83. The lowest BCUT2D eigenvalue weighted by Gasteiger charge is -2.24. The van der Waals surface area contributed by atoms with Crippen LogP contribution in [0.2, 0.25) is 10.0 Å². The second-order valence-electron chi connectivity index (χ2n) is 5.20. The van der Waals surface area contributed by atoms with Crippen LogP contribution in [0.3, 0.4) is 0 Å². The number of thiophene rings is 1. The van der Waals surface area contributed by atoms with Gasteiger partial charge < -0.3 is 15.0 Å². The first-order valence-corrected chi connectivity index (χ1v) is 8.70. The minimum atomic E-state index is -0.182. The van der Waals surface area contributed by atoms with Crippen molar-refractivity contribution in [2.45, 2.75) is 6.04 Å². The number of rotatable bonds is 7. The van der Waals surface area contributed by atoms with Crippen molar-refractivity contribution in [1.82, 2.24) is 10.2 Å². The number of ether oxygens (including phenoxy) is 1. The van der Waals surface area contributed by atoms with E-state index in [-0.39, 0.29) is 18.6 Å². The van der Waals surface area contributed by atoms with Crippen molar-refractivity contribution in [3.05, 3.63) is 50.6 Å². The second-order valence-corrected chi connectivity index (χ2v) is 6.80. The van der Waals surface area contributed by atoms with Crippen LogP contribution >= 0.6 is 34.5 Å². The predicted molar refractivity (Wildman–Crippen MR) is 95.7 cm³/mol. The average Bonchev–Trinajstić information content (AvgIpc) is 3.02. The van der Waals surface area contributed by atoms with Crippen molar-refractivity contribution < 1.29 is 9.53 Å². The monoisotopic (exact) mass is 372 g/mol. The maximum atomic E-state index is 12.0. The SMILES string of the molecule is CN(C)C(CNC(=O)COc1ccc(Cl)c(Cl)c1)c1ccsc1. The summed E-state index contributed by atoms with van der Waals surface area (Å²) >= 11 is 13.4. The van der Waals surface area contributed by atoms with E-state index in [0.29, 0.717) is 22.3 Å². The van der Waals surface area contributed by atoms with Gasteiger partial charge in [-0.15, -0.1) is 0 Å². The van der Waals surface area contributed by atoms with Gasteiger partial charge in [-0.3, -0.25) is 4.79 Å². The highest BCUT2D eigenvalue weighted by molar-refractivity contribution is 7.07. The first-order valence-electron chi connectivity index (χ1n) is 7.00. The van der Waals surface area contributed by atoms with Crippen molar-refractivity contribution in [3.8, 4) is 5.75 Å². The molecule has 0 bridgehead atoms. The van der Waals surface area contributed by atoms with E-state index in [2.05, 4.69) is 21.7 Å². The van der Waals surface area contributed by atoms with Gasteiger partial charge in [0.05, 0.1) is 16.1 Å². The summed E-state index contributed by atoms with van der Waals surface area (Å²) in [6.07, 6.45) is 0. The van der Waals surface area contributed by atoms with Gasteiger partial charge in [-0.1, -0.05) is 23.2 Å². The molecule has 0 fully saturated rings. The topological polar surface area (TPSA) is 41.6 Å². The molecule has 1 aromatic carbocycles. The summed E-state index contributed by atoms with van der Waals surface area (Å²) < 4.78 is 5.42. The van der Waals surface area contributed by atoms with Gasteiger partial charge in [-0.2, -0.15) is 11.3 Å². The van der Waals surface area contributed by atoms with Gasteiger partial charge in [-0.05, 0) is 48.6 Å². The molecule has 7 heteroatoms. The van der Waals surface area contributed by atoms with Crippen molar-refractivity contribution in [2.75, 3.05) is 27.2 Å². The van der Waals surface area contributed by atoms with Crippen LogP contribution in [0.25, 0.3) is 0 Å². The van der Waals surface area contributed by atoms with Gasteiger partial charge in [0.1, 0.15) is 5.75 Å². The molecule has 0 radical (unpaired) electrons. The van der Waals surface area contributed by atoms with E-state index in [1.807, 2.05) is 19.5 Å². The standard InChI is InChI=1S/C16H18Cl2N2O2S/c1-20(2)15(11-5-6-23-10-11)8-19-16(21)9-22-12-3-4-13(17)14(18)7-12/h3-7,10,15H,8-9H2,1-2H3,(H,19,21). The molecule has 0 spiro atoms. The molecule has 124 valence electrons. The molecule has 1 unspecified atom stereocenters. The summed E-state index contributed by atoms with van der Waals surface area (Å²) in [4.78, 5) is 14.0. The fraction of sp³-hybridized carbons (Fsp3) is 0.312. The van der Waals surface area contributed by atoms with Crippen LogP contribution < -0.4 is 10.1 Å². The van der Waals surface area contributed by atoms with E-state index in [0.717, 1.165) is 0 Å². The van der Waals surface area contributed by atoms with Gasteiger partial charge in [0.15, 0.2) is 6.61 Å². The van der Waals surface area contributed by atoms with E-state index < -0.39 is 0 Å². The van der Waals surface area contributed by atoms with Crippen LogP contribution in [0.4, 0.5) is 0 Å². The molecule has 0 aliphatic carbocycles. The molecule has 2 aromatic rings. The molecule has 1 N–H and O–H groups in total.